The summed E-state index contributed by atoms with van der Waals surface area (Å²) in [4.78, 5) is 11.8. The minimum atomic E-state index is -0.974. The minimum absolute atomic E-state index is 0.155. The molecule has 0 heterocycles. The van der Waals surface area contributed by atoms with Gasteiger partial charge in [0, 0.05) is 5.56 Å². The first-order valence-electron chi connectivity index (χ1n) is 5.17. The summed E-state index contributed by atoms with van der Waals surface area (Å²) < 4.78 is 25.6. The predicted molar refractivity (Wildman–Crippen MR) is 62.9 cm³/mol. The van der Waals surface area contributed by atoms with E-state index in [4.69, 9.17) is 0 Å². The zero-order valence-electron chi connectivity index (χ0n) is 9.30. The summed E-state index contributed by atoms with van der Waals surface area (Å²) in [6.07, 6.45) is 0.986. The molecule has 0 fully saturated rings. The van der Waals surface area contributed by atoms with Gasteiger partial charge in [-0.25, -0.2) is 8.78 Å². The molecule has 0 saturated carbocycles. The van der Waals surface area contributed by atoms with Gasteiger partial charge in [0.05, 0.1) is 5.25 Å². The number of thioether (sulfide) groups is 1. The third-order valence-corrected chi connectivity index (χ3v) is 3.50. The Hall–Kier alpha value is -0.900. The van der Waals surface area contributed by atoms with Gasteiger partial charge in [-0.05, 0) is 37.3 Å². The maximum atomic E-state index is 12.9. The van der Waals surface area contributed by atoms with Crippen molar-refractivity contribution in [3.63, 3.8) is 0 Å². The van der Waals surface area contributed by atoms with Gasteiger partial charge in [-0.15, -0.1) is 0 Å². The number of benzene rings is 1. The number of carbonyl (C=O) groups is 1. The number of hydrogen-bond donors (Lipinski definition) is 0. The number of Topliss-reactive ketones (excluding diaryl/α,β-unsaturated/α-hetero) is 1. The van der Waals surface area contributed by atoms with Crippen LogP contribution in [0.3, 0.4) is 0 Å². The molecular weight excluding hydrogens is 230 g/mol. The molecule has 1 aromatic carbocycles. The second-order valence-corrected chi connectivity index (χ2v) is 4.95. The third-order valence-electron chi connectivity index (χ3n) is 2.15. The molecule has 0 N–H and O–H groups in total. The molecule has 1 aromatic rings. The largest absolute Gasteiger partial charge is 0.293 e. The number of hydrogen-bond acceptors (Lipinski definition) is 2. The van der Waals surface area contributed by atoms with Gasteiger partial charge >= 0.3 is 0 Å². The van der Waals surface area contributed by atoms with Gasteiger partial charge in [0.25, 0.3) is 0 Å². The molecule has 0 amide bonds. The second kappa shape index (κ2) is 5.99. The second-order valence-electron chi connectivity index (χ2n) is 3.51. The lowest BCUT2D eigenvalue weighted by Gasteiger charge is -2.09. The Morgan fingerprint density at radius 1 is 1.38 bits per heavy atom. The summed E-state index contributed by atoms with van der Waals surface area (Å²) in [5.74, 6) is -1.17. The SMILES string of the molecule is CCCSC(C)C(=O)c1ccc(F)c(F)c1. The number of rotatable bonds is 5. The van der Waals surface area contributed by atoms with E-state index in [-0.39, 0.29) is 16.6 Å². The third kappa shape index (κ3) is 3.30. The number of ketones is 1. The van der Waals surface area contributed by atoms with Crippen molar-refractivity contribution in [1.82, 2.24) is 0 Å². The molecule has 0 saturated heterocycles. The van der Waals surface area contributed by atoms with Crippen molar-refractivity contribution in [2.45, 2.75) is 25.5 Å². The van der Waals surface area contributed by atoms with Crippen LogP contribution < -0.4 is 0 Å². The molecule has 0 aliphatic carbocycles. The standard InChI is InChI=1S/C12H14F2OS/c1-3-6-16-8(2)12(15)9-4-5-10(13)11(14)7-9/h4-5,7-8H,3,6H2,1-2H3. The first-order valence-corrected chi connectivity index (χ1v) is 6.22. The molecule has 0 aliphatic rings. The molecule has 4 heteroatoms. The van der Waals surface area contributed by atoms with E-state index in [2.05, 4.69) is 0 Å². The molecule has 0 aliphatic heterocycles. The van der Waals surface area contributed by atoms with E-state index in [1.807, 2.05) is 6.92 Å². The molecule has 0 spiro atoms. The molecule has 0 radical (unpaired) electrons. The smallest absolute Gasteiger partial charge is 0.175 e. The zero-order valence-corrected chi connectivity index (χ0v) is 10.1. The van der Waals surface area contributed by atoms with Crippen molar-refractivity contribution in [3.8, 4) is 0 Å². The first-order chi connectivity index (χ1) is 7.56. The topological polar surface area (TPSA) is 17.1 Å². The highest BCUT2D eigenvalue weighted by molar-refractivity contribution is 8.00. The van der Waals surface area contributed by atoms with E-state index < -0.39 is 11.6 Å². The molecule has 0 bridgehead atoms. The monoisotopic (exact) mass is 244 g/mol. The highest BCUT2D eigenvalue weighted by Crippen LogP contribution is 2.18. The lowest BCUT2D eigenvalue weighted by Crippen LogP contribution is -2.14. The fourth-order valence-electron chi connectivity index (χ4n) is 1.25. The van der Waals surface area contributed by atoms with Crippen LogP contribution in [-0.2, 0) is 0 Å². The molecular formula is C12H14F2OS. The Labute approximate surface area is 98.2 Å². The Bertz CT molecular complexity index is 379. The van der Waals surface area contributed by atoms with Gasteiger partial charge in [-0.1, -0.05) is 6.92 Å². The van der Waals surface area contributed by atoms with Crippen LogP contribution in [0.15, 0.2) is 18.2 Å². The molecule has 16 heavy (non-hydrogen) atoms. The number of carbonyl (C=O) groups excluding carboxylic acids is 1. The van der Waals surface area contributed by atoms with Crippen molar-refractivity contribution >= 4 is 17.5 Å². The van der Waals surface area contributed by atoms with Gasteiger partial charge in [-0.2, -0.15) is 11.8 Å². The van der Waals surface area contributed by atoms with Crippen molar-refractivity contribution in [1.29, 1.82) is 0 Å². The van der Waals surface area contributed by atoms with Gasteiger partial charge < -0.3 is 0 Å². The first kappa shape index (κ1) is 13.2. The molecule has 1 unspecified atom stereocenters. The van der Waals surface area contributed by atoms with Crippen LogP contribution in [-0.4, -0.2) is 16.8 Å². The molecule has 0 aromatic heterocycles. The fraction of sp³-hybridized carbons (Fsp3) is 0.417. The lowest BCUT2D eigenvalue weighted by molar-refractivity contribution is 0.0993. The van der Waals surface area contributed by atoms with Crippen LogP contribution in [0.2, 0.25) is 0 Å². The van der Waals surface area contributed by atoms with Crippen molar-refractivity contribution in [2.24, 2.45) is 0 Å². The Balaban J connectivity index is 2.76. The summed E-state index contributed by atoms with van der Waals surface area (Å²) >= 11 is 1.52. The Morgan fingerprint density at radius 3 is 2.62 bits per heavy atom. The highest BCUT2D eigenvalue weighted by atomic mass is 32.2. The quantitative estimate of drug-likeness (QED) is 0.735. The van der Waals surface area contributed by atoms with Crippen molar-refractivity contribution in [2.75, 3.05) is 5.75 Å². The van der Waals surface area contributed by atoms with Gasteiger partial charge in [0.15, 0.2) is 17.4 Å². The molecule has 1 nitrogen and oxygen atoms in total. The Kier molecular flexibility index (Phi) is 4.93. The summed E-state index contributed by atoms with van der Waals surface area (Å²) in [7, 11) is 0. The highest BCUT2D eigenvalue weighted by Gasteiger charge is 2.16. The molecule has 88 valence electrons. The summed E-state index contributed by atoms with van der Waals surface area (Å²) in [6, 6.07) is 3.27. The van der Waals surface area contributed by atoms with Crippen LogP contribution in [0.1, 0.15) is 30.6 Å². The van der Waals surface area contributed by atoms with E-state index in [1.54, 1.807) is 6.92 Å². The maximum Gasteiger partial charge on any atom is 0.175 e. The fourth-order valence-corrected chi connectivity index (χ4v) is 2.13. The molecule has 1 atom stereocenters. The van der Waals surface area contributed by atoms with Crippen LogP contribution in [0, 0.1) is 11.6 Å². The molecule has 1 rings (SSSR count). The van der Waals surface area contributed by atoms with E-state index in [1.165, 1.54) is 17.8 Å². The van der Waals surface area contributed by atoms with E-state index in [0.29, 0.717) is 0 Å². The summed E-state index contributed by atoms with van der Waals surface area (Å²) in [5, 5.41) is -0.218. The normalized spacial score (nSPS) is 12.5. The van der Waals surface area contributed by atoms with E-state index in [0.717, 1.165) is 24.3 Å². The minimum Gasteiger partial charge on any atom is -0.293 e. The van der Waals surface area contributed by atoms with E-state index >= 15 is 0 Å². The van der Waals surface area contributed by atoms with Crippen LogP contribution in [0.5, 0.6) is 0 Å². The van der Waals surface area contributed by atoms with Crippen molar-refractivity contribution in [3.05, 3.63) is 35.4 Å². The average Bonchev–Trinajstić information content (AvgIpc) is 2.28. The van der Waals surface area contributed by atoms with Gasteiger partial charge in [0.1, 0.15) is 0 Å². The van der Waals surface area contributed by atoms with Crippen molar-refractivity contribution < 1.29 is 13.6 Å². The maximum absolute atomic E-state index is 12.9. The summed E-state index contributed by atoms with van der Waals surface area (Å²) in [6.45, 7) is 3.81. The number of halogens is 2. The van der Waals surface area contributed by atoms with Gasteiger partial charge in [0.2, 0.25) is 0 Å². The summed E-state index contributed by atoms with van der Waals surface area (Å²) in [5.41, 5.74) is 0.231. The van der Waals surface area contributed by atoms with Crippen LogP contribution in [0.25, 0.3) is 0 Å². The van der Waals surface area contributed by atoms with E-state index in [9.17, 15) is 13.6 Å². The zero-order chi connectivity index (χ0) is 12.1. The van der Waals surface area contributed by atoms with Gasteiger partial charge in [-0.3, -0.25) is 4.79 Å². The van der Waals surface area contributed by atoms with Crippen LogP contribution >= 0.6 is 11.8 Å². The Morgan fingerprint density at radius 2 is 2.06 bits per heavy atom. The predicted octanol–water partition coefficient (Wildman–Crippen LogP) is 3.68. The average molecular weight is 244 g/mol. The van der Waals surface area contributed by atoms with Crippen LogP contribution in [0.4, 0.5) is 8.78 Å². The lowest BCUT2D eigenvalue weighted by atomic mass is 10.1.